The Labute approximate surface area is 131 Å². The summed E-state index contributed by atoms with van der Waals surface area (Å²) in [5.74, 6) is -0.114. The number of rotatable bonds is 4. The topological polar surface area (TPSA) is 57.8 Å². The van der Waals surface area contributed by atoms with Crippen LogP contribution in [0.5, 0.6) is 0 Å². The molecule has 21 heavy (non-hydrogen) atoms. The molecule has 0 aromatic carbocycles. The van der Waals surface area contributed by atoms with Gasteiger partial charge in [0.05, 0.1) is 24.4 Å². The van der Waals surface area contributed by atoms with Gasteiger partial charge in [0.15, 0.2) is 10.1 Å². The van der Waals surface area contributed by atoms with E-state index in [-0.39, 0.29) is 5.91 Å². The van der Waals surface area contributed by atoms with Crippen LogP contribution in [0.4, 0.5) is 0 Å². The van der Waals surface area contributed by atoms with Crippen LogP contribution in [-0.2, 0) is 4.79 Å². The molecule has 5 nitrogen and oxygen atoms in total. The van der Waals surface area contributed by atoms with Crippen molar-refractivity contribution in [3.63, 3.8) is 0 Å². The van der Waals surface area contributed by atoms with E-state index in [0.717, 1.165) is 17.8 Å². The van der Waals surface area contributed by atoms with Crippen molar-refractivity contribution in [1.29, 1.82) is 0 Å². The average molecular weight is 326 g/mol. The van der Waals surface area contributed by atoms with Gasteiger partial charge in [-0.15, -0.1) is 11.3 Å². The van der Waals surface area contributed by atoms with Crippen LogP contribution in [0.15, 0.2) is 17.7 Å². The largest absolute Gasteiger partial charge is 0.386 e. The second kappa shape index (κ2) is 5.44. The standard InChI is InChI=1S/C14H16ClN3O2S/c1-2-5-14(20)8-17(9-14)11(19)4-3-10-12(15)16-13-18(10)6-7-21-13/h3-4,6-7,20H,2,5,8-9H2,1H3. The minimum Gasteiger partial charge on any atom is -0.386 e. The van der Waals surface area contributed by atoms with Crippen LogP contribution < -0.4 is 0 Å². The molecule has 3 rings (SSSR count). The zero-order valence-corrected chi connectivity index (χ0v) is 13.2. The molecule has 2 aromatic heterocycles. The number of thiazole rings is 1. The first-order valence-electron chi connectivity index (χ1n) is 6.83. The maximum atomic E-state index is 12.1. The third-order valence-corrected chi connectivity index (χ3v) is 4.67. The van der Waals surface area contributed by atoms with Gasteiger partial charge in [0.2, 0.25) is 5.91 Å². The first-order valence-corrected chi connectivity index (χ1v) is 8.08. The molecular weight excluding hydrogens is 310 g/mol. The molecule has 112 valence electrons. The number of halogens is 1. The van der Waals surface area contributed by atoms with Gasteiger partial charge in [-0.25, -0.2) is 4.98 Å². The molecule has 1 aliphatic rings. The predicted molar refractivity (Wildman–Crippen MR) is 83.6 cm³/mol. The quantitative estimate of drug-likeness (QED) is 0.878. The molecule has 7 heteroatoms. The number of aromatic nitrogens is 2. The number of carbonyl (C=O) groups is 1. The number of carbonyl (C=O) groups excluding carboxylic acids is 1. The van der Waals surface area contributed by atoms with Crippen molar-refractivity contribution in [3.8, 4) is 0 Å². The molecule has 0 spiro atoms. The number of hydrogen-bond donors (Lipinski definition) is 1. The zero-order chi connectivity index (χ0) is 15.0. The predicted octanol–water partition coefficient (Wildman–Crippen LogP) is 2.44. The lowest BCUT2D eigenvalue weighted by molar-refractivity contribution is -0.151. The van der Waals surface area contributed by atoms with Crippen molar-refractivity contribution in [2.45, 2.75) is 25.4 Å². The van der Waals surface area contributed by atoms with E-state index >= 15 is 0 Å². The van der Waals surface area contributed by atoms with Crippen molar-refractivity contribution in [2.75, 3.05) is 13.1 Å². The second-order valence-electron chi connectivity index (χ2n) is 5.35. The van der Waals surface area contributed by atoms with Gasteiger partial charge in [-0.2, -0.15) is 0 Å². The third kappa shape index (κ3) is 2.71. The maximum absolute atomic E-state index is 12.1. The van der Waals surface area contributed by atoms with Gasteiger partial charge in [-0.05, 0) is 12.5 Å². The fourth-order valence-electron chi connectivity index (χ4n) is 2.63. The Morgan fingerprint density at radius 2 is 2.38 bits per heavy atom. The summed E-state index contributed by atoms with van der Waals surface area (Å²) < 4.78 is 1.85. The summed E-state index contributed by atoms with van der Waals surface area (Å²) in [4.78, 5) is 18.7. The van der Waals surface area contributed by atoms with Crippen LogP contribution >= 0.6 is 22.9 Å². The molecule has 1 aliphatic heterocycles. The number of hydrogen-bond acceptors (Lipinski definition) is 4. The number of β-amino-alcohol motifs (C(OH)–C–C–N with tert-alkyl or cyclic N) is 1. The normalized spacial score (nSPS) is 17.6. The highest BCUT2D eigenvalue weighted by Gasteiger charge is 2.41. The summed E-state index contributed by atoms with van der Waals surface area (Å²) >= 11 is 7.55. The van der Waals surface area contributed by atoms with E-state index < -0.39 is 5.60 Å². The molecule has 0 unspecified atom stereocenters. The molecule has 0 aliphatic carbocycles. The summed E-state index contributed by atoms with van der Waals surface area (Å²) in [5.41, 5.74) is -0.00162. The number of likely N-dealkylation sites (tertiary alicyclic amines) is 1. The van der Waals surface area contributed by atoms with Gasteiger partial charge in [-0.3, -0.25) is 9.20 Å². The minimum atomic E-state index is -0.701. The first kappa shape index (κ1) is 14.6. The highest BCUT2D eigenvalue weighted by molar-refractivity contribution is 7.15. The van der Waals surface area contributed by atoms with Gasteiger partial charge in [0, 0.05) is 17.7 Å². The smallest absolute Gasteiger partial charge is 0.246 e. The van der Waals surface area contributed by atoms with Crippen molar-refractivity contribution < 1.29 is 9.90 Å². The summed E-state index contributed by atoms with van der Waals surface area (Å²) in [6.45, 7) is 2.83. The van der Waals surface area contributed by atoms with Gasteiger partial charge >= 0.3 is 0 Å². The molecule has 1 amide bonds. The van der Waals surface area contributed by atoms with Crippen molar-refractivity contribution in [2.24, 2.45) is 0 Å². The number of amides is 1. The van der Waals surface area contributed by atoms with E-state index in [9.17, 15) is 9.90 Å². The lowest BCUT2D eigenvalue weighted by Gasteiger charge is -2.46. The van der Waals surface area contributed by atoms with Gasteiger partial charge in [0.25, 0.3) is 0 Å². The Morgan fingerprint density at radius 3 is 3.10 bits per heavy atom. The van der Waals surface area contributed by atoms with Crippen LogP contribution in [0.1, 0.15) is 25.5 Å². The molecule has 0 radical (unpaired) electrons. The maximum Gasteiger partial charge on any atom is 0.246 e. The molecule has 3 heterocycles. The van der Waals surface area contributed by atoms with Crippen molar-refractivity contribution in [1.82, 2.24) is 14.3 Å². The summed E-state index contributed by atoms with van der Waals surface area (Å²) in [6, 6.07) is 0. The summed E-state index contributed by atoms with van der Waals surface area (Å²) in [7, 11) is 0. The third-order valence-electron chi connectivity index (χ3n) is 3.64. The molecule has 2 aromatic rings. The highest BCUT2D eigenvalue weighted by Crippen LogP contribution is 2.26. The summed E-state index contributed by atoms with van der Waals surface area (Å²) in [6.07, 6.45) is 6.67. The number of nitrogens with zero attached hydrogens (tertiary/aromatic N) is 3. The molecule has 1 saturated heterocycles. The van der Waals surface area contributed by atoms with Gasteiger partial charge in [0.1, 0.15) is 0 Å². The SMILES string of the molecule is CCCC1(O)CN(C(=O)C=Cc2c(Cl)nc3sccn23)C1. The fourth-order valence-corrected chi connectivity index (χ4v) is 3.63. The monoisotopic (exact) mass is 325 g/mol. The molecular formula is C14H16ClN3O2S. The van der Waals surface area contributed by atoms with Gasteiger partial charge in [-0.1, -0.05) is 24.9 Å². The first-order chi connectivity index (χ1) is 10.0. The fraction of sp³-hybridized carbons (Fsp3) is 0.429. The summed E-state index contributed by atoms with van der Waals surface area (Å²) in [5, 5.41) is 12.4. The number of aliphatic hydroxyl groups is 1. The van der Waals surface area contributed by atoms with Crippen LogP contribution in [0.25, 0.3) is 11.0 Å². The Hall–Kier alpha value is -1.37. The van der Waals surface area contributed by atoms with Crippen molar-refractivity contribution in [3.05, 3.63) is 28.5 Å². The molecule has 1 N–H and O–H groups in total. The van der Waals surface area contributed by atoms with Gasteiger partial charge < -0.3 is 10.0 Å². The van der Waals surface area contributed by atoms with Crippen LogP contribution in [-0.4, -0.2) is 44.0 Å². The number of fused-ring (bicyclic) bond motifs is 1. The molecule has 0 saturated carbocycles. The number of imidazole rings is 1. The van der Waals surface area contributed by atoms with E-state index in [0.29, 0.717) is 23.9 Å². The second-order valence-corrected chi connectivity index (χ2v) is 6.58. The van der Waals surface area contributed by atoms with E-state index in [1.807, 2.05) is 22.9 Å². The van der Waals surface area contributed by atoms with E-state index in [2.05, 4.69) is 4.98 Å². The Kier molecular flexibility index (Phi) is 3.77. The minimum absolute atomic E-state index is 0.114. The Balaban J connectivity index is 1.68. The van der Waals surface area contributed by atoms with Crippen LogP contribution in [0.2, 0.25) is 5.15 Å². The van der Waals surface area contributed by atoms with Crippen molar-refractivity contribution >= 4 is 39.9 Å². The molecule has 0 bridgehead atoms. The average Bonchev–Trinajstić information content (AvgIpc) is 2.94. The van der Waals surface area contributed by atoms with Crippen LogP contribution in [0, 0.1) is 0 Å². The van der Waals surface area contributed by atoms with E-state index in [4.69, 9.17) is 11.6 Å². The van der Waals surface area contributed by atoms with Crippen LogP contribution in [0.3, 0.4) is 0 Å². The van der Waals surface area contributed by atoms with E-state index in [1.54, 1.807) is 11.0 Å². The Morgan fingerprint density at radius 1 is 1.62 bits per heavy atom. The zero-order valence-electron chi connectivity index (χ0n) is 11.6. The molecule has 0 atom stereocenters. The van der Waals surface area contributed by atoms with E-state index in [1.165, 1.54) is 17.4 Å². The Bertz CT molecular complexity index is 700. The lowest BCUT2D eigenvalue weighted by Crippen LogP contribution is -2.63. The molecule has 1 fully saturated rings. The highest BCUT2D eigenvalue weighted by atomic mass is 35.5. The lowest BCUT2D eigenvalue weighted by atomic mass is 9.89.